The first-order chi connectivity index (χ1) is 9.42. The number of nitrogens with zero attached hydrogens (tertiary/aromatic N) is 2. The van der Waals surface area contributed by atoms with Crippen LogP contribution < -0.4 is 5.32 Å². The molecule has 0 saturated heterocycles. The van der Waals surface area contributed by atoms with Gasteiger partial charge in [-0.05, 0) is 58.0 Å². The van der Waals surface area contributed by atoms with Crippen molar-refractivity contribution >= 4 is 18.0 Å². The van der Waals surface area contributed by atoms with Crippen molar-refractivity contribution in [2.45, 2.75) is 32.7 Å². The maximum absolute atomic E-state index is 12.0. The molecule has 0 aliphatic heterocycles. The number of aryl methyl sites for hydroxylation is 1. The third-order valence-electron chi connectivity index (χ3n) is 3.97. The average Bonchev–Trinajstić information content (AvgIpc) is 2.81. The summed E-state index contributed by atoms with van der Waals surface area (Å²) in [7, 11) is 3.72. The molecule has 0 radical (unpaired) electrons. The topological polar surface area (TPSA) is 62.3 Å². The molecule has 1 heterocycles. The Morgan fingerprint density at radius 3 is 2.80 bits per heavy atom. The van der Waals surface area contributed by atoms with E-state index in [1.165, 1.54) is 0 Å². The molecule has 2 rings (SSSR count). The molecule has 1 amide bonds. The highest BCUT2D eigenvalue weighted by Gasteiger charge is 2.24. The number of aldehydes is 1. The average molecular weight is 275 g/mol. The van der Waals surface area contributed by atoms with E-state index in [2.05, 4.69) is 10.3 Å². The second-order valence-corrected chi connectivity index (χ2v) is 5.66. The normalized spacial score (nSPS) is 18.8. The smallest absolute Gasteiger partial charge is 0.242 e. The fourth-order valence-corrected chi connectivity index (χ4v) is 2.47. The number of anilines is 1. The first kappa shape index (κ1) is 14.7. The van der Waals surface area contributed by atoms with Crippen molar-refractivity contribution in [2.75, 3.05) is 19.4 Å². The lowest BCUT2D eigenvalue weighted by molar-refractivity contribution is -0.120. The van der Waals surface area contributed by atoms with Gasteiger partial charge in [-0.25, -0.2) is 4.98 Å². The molecule has 1 aliphatic rings. The maximum atomic E-state index is 12.0. The minimum atomic E-state index is -0.215. The summed E-state index contributed by atoms with van der Waals surface area (Å²) in [5, 5.41) is 2.85. The van der Waals surface area contributed by atoms with Gasteiger partial charge in [-0.2, -0.15) is 0 Å². The SMILES string of the molecule is Cc1nc(NC(=O)[C@@H](C)N(C)C)cc2c1CC(C=O)C2. The number of hydrogen-bond acceptors (Lipinski definition) is 4. The first-order valence-electron chi connectivity index (χ1n) is 6.84. The Bertz CT molecular complexity index is 540. The van der Waals surface area contributed by atoms with Crippen molar-refractivity contribution in [3.05, 3.63) is 22.9 Å². The number of aromatic nitrogens is 1. The number of likely N-dealkylation sites (N-methyl/N-ethyl adjacent to an activating group) is 1. The Balaban J connectivity index is 2.18. The number of nitrogens with one attached hydrogen (secondary N) is 1. The monoisotopic (exact) mass is 275 g/mol. The molecule has 0 fully saturated rings. The Morgan fingerprint density at radius 2 is 2.20 bits per heavy atom. The fourth-order valence-electron chi connectivity index (χ4n) is 2.47. The fraction of sp³-hybridized carbons (Fsp3) is 0.533. The highest BCUT2D eigenvalue weighted by atomic mass is 16.2. The van der Waals surface area contributed by atoms with Crippen LogP contribution in [0.1, 0.15) is 23.7 Å². The molecule has 5 heteroatoms. The summed E-state index contributed by atoms with van der Waals surface area (Å²) in [5.41, 5.74) is 3.18. The third kappa shape index (κ3) is 2.88. The van der Waals surface area contributed by atoms with Crippen molar-refractivity contribution in [3.8, 4) is 0 Å². The van der Waals surface area contributed by atoms with E-state index in [9.17, 15) is 9.59 Å². The molecule has 1 aromatic rings. The maximum Gasteiger partial charge on any atom is 0.242 e. The van der Waals surface area contributed by atoms with E-state index in [1.54, 1.807) is 0 Å². The van der Waals surface area contributed by atoms with Gasteiger partial charge in [-0.15, -0.1) is 0 Å². The van der Waals surface area contributed by atoms with Crippen LogP contribution in [-0.2, 0) is 22.4 Å². The van der Waals surface area contributed by atoms with Crippen LogP contribution in [0.15, 0.2) is 6.07 Å². The number of carbonyl (C=O) groups excluding carboxylic acids is 2. The summed E-state index contributed by atoms with van der Waals surface area (Å²) in [5.74, 6) is 0.551. The van der Waals surface area contributed by atoms with Crippen LogP contribution in [-0.4, -0.2) is 42.2 Å². The number of rotatable bonds is 4. The van der Waals surface area contributed by atoms with Crippen LogP contribution in [0.5, 0.6) is 0 Å². The van der Waals surface area contributed by atoms with E-state index in [4.69, 9.17) is 0 Å². The zero-order valence-electron chi connectivity index (χ0n) is 12.4. The van der Waals surface area contributed by atoms with E-state index in [1.807, 2.05) is 38.9 Å². The van der Waals surface area contributed by atoms with Gasteiger partial charge in [0.1, 0.15) is 12.1 Å². The van der Waals surface area contributed by atoms with Crippen LogP contribution in [0.4, 0.5) is 5.82 Å². The van der Waals surface area contributed by atoms with Crippen LogP contribution in [0.3, 0.4) is 0 Å². The lowest BCUT2D eigenvalue weighted by atomic mass is 10.1. The highest BCUT2D eigenvalue weighted by molar-refractivity contribution is 5.93. The molecule has 0 aromatic carbocycles. The second kappa shape index (κ2) is 5.71. The summed E-state index contributed by atoms with van der Waals surface area (Å²) >= 11 is 0. The molecule has 2 atom stereocenters. The van der Waals surface area contributed by atoms with Crippen molar-refractivity contribution in [3.63, 3.8) is 0 Å². The molecule has 1 unspecified atom stereocenters. The highest BCUT2D eigenvalue weighted by Crippen LogP contribution is 2.29. The van der Waals surface area contributed by atoms with E-state index >= 15 is 0 Å². The number of amides is 1. The Labute approximate surface area is 119 Å². The molecular weight excluding hydrogens is 254 g/mol. The molecule has 0 bridgehead atoms. The molecular formula is C15H21N3O2. The van der Waals surface area contributed by atoms with Crippen LogP contribution >= 0.6 is 0 Å². The predicted octanol–water partition coefficient (Wildman–Crippen LogP) is 1.19. The quantitative estimate of drug-likeness (QED) is 0.839. The van der Waals surface area contributed by atoms with Crippen molar-refractivity contribution in [1.82, 2.24) is 9.88 Å². The molecule has 1 aliphatic carbocycles. The van der Waals surface area contributed by atoms with Crippen molar-refractivity contribution < 1.29 is 9.59 Å². The van der Waals surface area contributed by atoms with Gasteiger partial charge in [0.15, 0.2) is 0 Å². The molecule has 1 aromatic heterocycles. The van der Waals surface area contributed by atoms with E-state index < -0.39 is 0 Å². The Morgan fingerprint density at radius 1 is 1.50 bits per heavy atom. The Hall–Kier alpha value is -1.75. The summed E-state index contributed by atoms with van der Waals surface area (Å²) < 4.78 is 0. The first-order valence-corrected chi connectivity index (χ1v) is 6.84. The molecule has 20 heavy (non-hydrogen) atoms. The van der Waals surface area contributed by atoms with Gasteiger partial charge < -0.3 is 10.1 Å². The van der Waals surface area contributed by atoms with Gasteiger partial charge in [0.25, 0.3) is 0 Å². The predicted molar refractivity (Wildman–Crippen MR) is 77.7 cm³/mol. The minimum absolute atomic E-state index is 0.0529. The lowest BCUT2D eigenvalue weighted by Crippen LogP contribution is -2.37. The summed E-state index contributed by atoms with van der Waals surface area (Å²) in [6.07, 6.45) is 2.51. The second-order valence-electron chi connectivity index (χ2n) is 5.66. The van der Waals surface area contributed by atoms with Gasteiger partial charge in [-0.1, -0.05) is 0 Å². The molecule has 5 nitrogen and oxygen atoms in total. The molecule has 0 spiro atoms. The standard InChI is InChI=1S/C15H21N3O2/c1-9-13-6-11(8-19)5-12(13)7-14(16-9)17-15(20)10(2)18(3)4/h7-8,10-11H,5-6H2,1-4H3,(H,16,17,20)/t10-,11?/m1/s1. The zero-order chi connectivity index (χ0) is 14.9. The van der Waals surface area contributed by atoms with Crippen LogP contribution in [0, 0.1) is 12.8 Å². The molecule has 0 saturated carbocycles. The summed E-state index contributed by atoms with van der Waals surface area (Å²) in [4.78, 5) is 29.2. The van der Waals surface area contributed by atoms with E-state index in [-0.39, 0.29) is 17.9 Å². The molecule has 1 N–H and O–H groups in total. The number of fused-ring (bicyclic) bond motifs is 1. The largest absolute Gasteiger partial charge is 0.309 e. The van der Waals surface area contributed by atoms with Crippen LogP contribution in [0.2, 0.25) is 0 Å². The zero-order valence-corrected chi connectivity index (χ0v) is 12.4. The van der Waals surface area contributed by atoms with Crippen LogP contribution in [0.25, 0.3) is 0 Å². The van der Waals surface area contributed by atoms with Gasteiger partial charge in [0, 0.05) is 11.6 Å². The lowest BCUT2D eigenvalue weighted by Gasteiger charge is -2.19. The van der Waals surface area contributed by atoms with Gasteiger partial charge in [0.2, 0.25) is 5.91 Å². The van der Waals surface area contributed by atoms with E-state index in [0.29, 0.717) is 5.82 Å². The summed E-state index contributed by atoms with van der Waals surface area (Å²) in [6, 6.07) is 1.68. The third-order valence-corrected chi connectivity index (χ3v) is 3.97. The number of pyridine rings is 1. The number of carbonyl (C=O) groups is 2. The number of hydrogen-bond donors (Lipinski definition) is 1. The van der Waals surface area contributed by atoms with Gasteiger partial charge >= 0.3 is 0 Å². The Kier molecular flexibility index (Phi) is 4.18. The van der Waals surface area contributed by atoms with E-state index in [0.717, 1.165) is 35.9 Å². The summed E-state index contributed by atoms with van der Waals surface area (Å²) in [6.45, 7) is 3.77. The minimum Gasteiger partial charge on any atom is -0.309 e. The van der Waals surface area contributed by atoms with Crippen molar-refractivity contribution in [2.24, 2.45) is 5.92 Å². The van der Waals surface area contributed by atoms with Gasteiger partial charge in [-0.3, -0.25) is 9.69 Å². The van der Waals surface area contributed by atoms with Crippen molar-refractivity contribution in [1.29, 1.82) is 0 Å². The van der Waals surface area contributed by atoms with Gasteiger partial charge in [0.05, 0.1) is 6.04 Å². The molecule has 108 valence electrons.